The molecule has 29 heavy (non-hydrogen) atoms. The van der Waals surface area contributed by atoms with Gasteiger partial charge in [0.05, 0.1) is 0 Å². The second-order valence-electron chi connectivity index (χ2n) is 7.85. The Morgan fingerprint density at radius 2 is 1.83 bits per heavy atom. The first-order valence-electron chi connectivity index (χ1n) is 9.41. The van der Waals surface area contributed by atoms with Crippen LogP contribution in [0.25, 0.3) is 0 Å². The quantitative estimate of drug-likeness (QED) is 0.450. The zero-order valence-electron chi connectivity index (χ0n) is 18.2. The summed E-state index contributed by atoms with van der Waals surface area (Å²) in [5.74, 6) is -1.13. The van der Waals surface area contributed by atoms with Gasteiger partial charge in [0.25, 0.3) is 0 Å². The van der Waals surface area contributed by atoms with Crippen LogP contribution >= 0.6 is 0 Å². The molecule has 9 heteroatoms. The summed E-state index contributed by atoms with van der Waals surface area (Å²) in [6.07, 6.45) is -0.515. The molecule has 1 N–H and O–H groups in total. The van der Waals surface area contributed by atoms with Gasteiger partial charge in [0.15, 0.2) is 0 Å². The van der Waals surface area contributed by atoms with Crippen LogP contribution in [-0.4, -0.2) is 63.8 Å². The maximum atomic E-state index is 12.5. The van der Waals surface area contributed by atoms with E-state index in [0.717, 1.165) is 14.7 Å². The van der Waals surface area contributed by atoms with E-state index in [1.807, 2.05) is 13.0 Å². The van der Waals surface area contributed by atoms with Crippen LogP contribution in [0.15, 0.2) is 12.1 Å². The van der Waals surface area contributed by atoms with Gasteiger partial charge in [-0.2, -0.15) is 0 Å². The van der Waals surface area contributed by atoms with Gasteiger partial charge in [-0.05, 0) is 0 Å². The van der Waals surface area contributed by atoms with Gasteiger partial charge in [-0.15, -0.1) is 0 Å². The Labute approximate surface area is 181 Å². The van der Waals surface area contributed by atoms with E-state index in [1.54, 1.807) is 33.8 Å². The van der Waals surface area contributed by atoms with Crippen LogP contribution in [0.3, 0.4) is 0 Å². The van der Waals surface area contributed by atoms with E-state index in [9.17, 15) is 14.4 Å². The molecule has 0 aliphatic carbocycles. The standard InChI is InChI=1S/C18H23BNO6.2CH3.Sn/c1-6-24-15(21)13(20-17(23)26-18(3,4)5)9-12-8-7-11(2)14(10-12)25-16(19)22;;;/h7,10,13H,6,9H2,1-5H3,(H,20,23);2*1H3;. The SMILES string of the molecule is [B]C(=O)Oc1cc(CC(NC(=O)OC(C)(C)C)C(=O)OCC)[c]([Sn]([CH3])[CH3])cc1C. The predicted molar refractivity (Wildman–Crippen MR) is 114 cm³/mol. The van der Waals surface area contributed by atoms with Crippen LogP contribution in [0.4, 0.5) is 9.59 Å². The number of carbonyl (C=O) groups is 3. The van der Waals surface area contributed by atoms with Gasteiger partial charge >= 0.3 is 181 Å². The van der Waals surface area contributed by atoms with E-state index in [0.29, 0.717) is 5.75 Å². The minimum absolute atomic E-state index is 0.185. The maximum absolute atomic E-state index is 12.5. The third-order valence-corrected chi connectivity index (χ3v) is 8.24. The van der Waals surface area contributed by atoms with Crippen molar-refractivity contribution < 1.29 is 28.6 Å². The molecule has 1 aromatic rings. The number of hydrogen-bond acceptors (Lipinski definition) is 6. The van der Waals surface area contributed by atoms with E-state index < -0.39 is 49.3 Å². The number of hydrogen-bond donors (Lipinski definition) is 1. The van der Waals surface area contributed by atoms with Crippen molar-refractivity contribution in [3.05, 3.63) is 23.3 Å². The molecule has 0 spiro atoms. The molecular formula is C20H29BNO6Sn. The molecule has 1 unspecified atom stereocenters. The van der Waals surface area contributed by atoms with Crippen molar-refractivity contribution >= 4 is 49.1 Å². The molecule has 0 heterocycles. The summed E-state index contributed by atoms with van der Waals surface area (Å²) in [5.41, 5.74) is 0.909. The summed E-state index contributed by atoms with van der Waals surface area (Å²) >= 11 is -1.89. The number of ether oxygens (including phenoxy) is 3. The molecule has 0 aromatic heterocycles. The molecule has 0 fully saturated rings. The van der Waals surface area contributed by atoms with Crippen molar-refractivity contribution in [1.29, 1.82) is 0 Å². The molecule has 1 atom stereocenters. The fourth-order valence-corrected chi connectivity index (χ4v) is 6.46. The van der Waals surface area contributed by atoms with Crippen molar-refractivity contribution in [2.75, 3.05) is 6.61 Å². The molecule has 0 saturated carbocycles. The number of rotatable bonds is 7. The zero-order valence-corrected chi connectivity index (χ0v) is 21.0. The van der Waals surface area contributed by atoms with Gasteiger partial charge in [-0.1, -0.05) is 0 Å². The van der Waals surface area contributed by atoms with E-state index in [-0.39, 0.29) is 13.0 Å². The summed E-state index contributed by atoms with van der Waals surface area (Å²) < 4.78 is 16.6. The van der Waals surface area contributed by atoms with E-state index in [2.05, 4.69) is 15.2 Å². The summed E-state index contributed by atoms with van der Waals surface area (Å²) in [7, 11) is 5.16. The first kappa shape index (κ1) is 25.3. The summed E-state index contributed by atoms with van der Waals surface area (Å²) in [5, 5.41) is 2.60. The average Bonchev–Trinajstić information content (AvgIpc) is 2.54. The number of aryl methyl sites for hydroxylation is 1. The van der Waals surface area contributed by atoms with Crippen LogP contribution in [0, 0.1) is 6.92 Å². The summed E-state index contributed by atoms with van der Waals surface area (Å²) in [6, 6.07) is 2.75. The zero-order chi connectivity index (χ0) is 22.4. The Balaban J connectivity index is 3.26. The van der Waals surface area contributed by atoms with Crippen molar-refractivity contribution in [3.8, 4) is 5.75 Å². The number of esters is 1. The first-order chi connectivity index (χ1) is 13.3. The molecule has 0 saturated heterocycles. The summed E-state index contributed by atoms with van der Waals surface area (Å²) in [4.78, 5) is 40.3. The van der Waals surface area contributed by atoms with Gasteiger partial charge in [-0.3, -0.25) is 0 Å². The second kappa shape index (κ2) is 10.9. The molecule has 7 nitrogen and oxygen atoms in total. The van der Waals surface area contributed by atoms with Crippen LogP contribution in [0.1, 0.15) is 38.8 Å². The fraction of sp³-hybridized carbons (Fsp3) is 0.550. The Morgan fingerprint density at radius 3 is 2.31 bits per heavy atom. The first-order valence-corrected chi connectivity index (χ1v) is 16.5. The van der Waals surface area contributed by atoms with Crippen molar-refractivity contribution in [1.82, 2.24) is 5.32 Å². The topological polar surface area (TPSA) is 90.9 Å². The van der Waals surface area contributed by atoms with E-state index in [4.69, 9.17) is 22.1 Å². The third kappa shape index (κ3) is 8.68. The van der Waals surface area contributed by atoms with Crippen molar-refractivity contribution in [3.63, 3.8) is 0 Å². The number of alkyl carbamates (subject to hydrolysis) is 1. The van der Waals surface area contributed by atoms with Crippen molar-refractivity contribution in [2.24, 2.45) is 0 Å². The summed E-state index contributed by atoms with van der Waals surface area (Å²) in [6.45, 7) is 8.94. The molecule has 0 bridgehead atoms. The van der Waals surface area contributed by atoms with Crippen LogP contribution in [0.5, 0.6) is 5.75 Å². The second-order valence-corrected chi connectivity index (χ2v) is 15.1. The van der Waals surface area contributed by atoms with Crippen LogP contribution in [0.2, 0.25) is 9.88 Å². The monoisotopic (exact) mass is 510 g/mol. The third-order valence-electron chi connectivity index (χ3n) is 3.84. The van der Waals surface area contributed by atoms with Gasteiger partial charge in [0, 0.05) is 0 Å². The molecule has 157 valence electrons. The van der Waals surface area contributed by atoms with Gasteiger partial charge in [0.1, 0.15) is 0 Å². The minimum atomic E-state index is -1.89. The Bertz CT molecular complexity index is 760. The predicted octanol–water partition coefficient (Wildman–Crippen LogP) is 2.62. The molecule has 0 aliphatic rings. The van der Waals surface area contributed by atoms with Crippen molar-refractivity contribution in [2.45, 2.75) is 62.6 Å². The van der Waals surface area contributed by atoms with Gasteiger partial charge in [0.2, 0.25) is 0 Å². The normalized spacial score (nSPS) is 12.3. The van der Waals surface area contributed by atoms with Crippen LogP contribution < -0.4 is 13.6 Å². The molecule has 1 aromatic carbocycles. The molecule has 1 rings (SSSR count). The molecule has 0 aliphatic heterocycles. The number of amides is 1. The van der Waals surface area contributed by atoms with Gasteiger partial charge in [-0.25, -0.2) is 0 Å². The molecule has 3 radical (unpaired) electrons. The molecule has 1 amide bonds. The Hall–Kier alpha value is -1.71. The van der Waals surface area contributed by atoms with E-state index >= 15 is 0 Å². The fourth-order valence-electron chi connectivity index (χ4n) is 2.69. The average molecular weight is 509 g/mol. The Morgan fingerprint density at radius 1 is 1.21 bits per heavy atom. The number of nitrogens with one attached hydrogen (secondary N) is 1. The van der Waals surface area contributed by atoms with E-state index in [1.165, 1.54) is 0 Å². The number of carbonyl (C=O) groups excluding carboxylic acids is 3. The Kier molecular flexibility index (Phi) is 9.52. The van der Waals surface area contributed by atoms with Gasteiger partial charge < -0.3 is 0 Å². The molecular weight excluding hydrogens is 480 g/mol. The van der Waals surface area contributed by atoms with Crippen LogP contribution in [-0.2, 0) is 20.7 Å². The number of benzene rings is 1.